The molecule has 0 spiro atoms. The number of rotatable bonds is 53. The van der Waals surface area contributed by atoms with Gasteiger partial charge in [-0.3, -0.25) is 14.4 Å². The van der Waals surface area contributed by atoms with Crippen molar-refractivity contribution in [2.75, 3.05) is 13.2 Å². The van der Waals surface area contributed by atoms with E-state index in [1.165, 1.54) is 141 Å². The highest BCUT2D eigenvalue weighted by Crippen LogP contribution is 2.27. The van der Waals surface area contributed by atoms with Crippen molar-refractivity contribution in [2.24, 2.45) is 0 Å². The first-order valence-electron chi connectivity index (χ1n) is 31.0. The number of aliphatic hydroxyl groups is 2. The van der Waals surface area contributed by atoms with E-state index in [0.717, 1.165) is 89.9 Å². The Balaban J connectivity index is 2.63. The van der Waals surface area contributed by atoms with Gasteiger partial charge in [-0.15, -0.1) is 0 Å². The molecule has 0 aromatic rings. The van der Waals surface area contributed by atoms with Crippen LogP contribution in [0.3, 0.4) is 0 Å². The molecule has 6 unspecified atom stereocenters. The number of hydrogen-bond donors (Lipinski definition) is 3. The van der Waals surface area contributed by atoms with Gasteiger partial charge in [0.05, 0.1) is 6.61 Å². The van der Waals surface area contributed by atoms with Gasteiger partial charge in [-0.25, -0.2) is 4.79 Å². The number of esters is 3. The Labute approximate surface area is 457 Å². The van der Waals surface area contributed by atoms with Crippen LogP contribution in [0.5, 0.6) is 0 Å². The quantitative estimate of drug-likeness (QED) is 0.0228. The predicted octanol–water partition coefficient (Wildman–Crippen LogP) is 16.0. The lowest BCUT2D eigenvalue weighted by atomic mass is 9.98. The van der Waals surface area contributed by atoms with Crippen LogP contribution in [0.25, 0.3) is 0 Å². The molecule has 0 radical (unpaired) electrons. The second-order valence-corrected chi connectivity index (χ2v) is 21.3. The molecular formula is C63H112O12. The summed E-state index contributed by atoms with van der Waals surface area (Å²) in [5.41, 5.74) is 0. The van der Waals surface area contributed by atoms with Gasteiger partial charge in [-0.05, 0) is 51.4 Å². The highest BCUT2D eigenvalue weighted by Gasteiger charge is 2.50. The first kappa shape index (κ1) is 70.0. The standard InChI is InChI=1S/C63H112O12/c1-4-7-10-13-16-19-22-24-26-27-28-29-31-32-35-37-40-43-46-49-55(64)71-52-54(73-56(65)50-47-44-41-38-34-21-18-15-12-9-6-3)53-72-63-61(59(68)58(67)60(75-63)62(69)70)74-57(66)51-48-45-42-39-36-33-30-25-23-20-17-14-11-8-5-2/h8,11,17,20,25,30,54,58-61,63,67-68H,4-7,9-10,12-16,18-19,21-24,26-29,31-53H2,1-3H3,(H,69,70)/b11-8-,20-17-,30-25-. The van der Waals surface area contributed by atoms with Crippen LogP contribution in [0.4, 0.5) is 0 Å². The van der Waals surface area contributed by atoms with Crippen molar-refractivity contribution in [1.82, 2.24) is 0 Å². The maximum absolute atomic E-state index is 13.1. The van der Waals surface area contributed by atoms with Gasteiger partial charge in [0.25, 0.3) is 0 Å². The van der Waals surface area contributed by atoms with Gasteiger partial charge in [0.2, 0.25) is 0 Å². The number of aliphatic hydroxyl groups excluding tert-OH is 2. The number of hydrogen-bond acceptors (Lipinski definition) is 11. The van der Waals surface area contributed by atoms with Crippen LogP contribution in [0.1, 0.15) is 290 Å². The van der Waals surface area contributed by atoms with E-state index in [-0.39, 0.29) is 25.9 Å². The summed E-state index contributed by atoms with van der Waals surface area (Å²) < 4.78 is 28.4. The van der Waals surface area contributed by atoms with Crippen molar-refractivity contribution in [3.8, 4) is 0 Å². The smallest absolute Gasteiger partial charge is 0.335 e. The molecule has 1 fully saturated rings. The van der Waals surface area contributed by atoms with Crippen LogP contribution in [0, 0.1) is 0 Å². The Morgan fingerprint density at radius 3 is 1.28 bits per heavy atom. The molecule has 75 heavy (non-hydrogen) atoms. The van der Waals surface area contributed by atoms with Crippen LogP contribution >= 0.6 is 0 Å². The van der Waals surface area contributed by atoms with E-state index in [4.69, 9.17) is 23.7 Å². The molecule has 3 N–H and O–H groups in total. The van der Waals surface area contributed by atoms with Crippen molar-refractivity contribution >= 4 is 23.9 Å². The fourth-order valence-corrected chi connectivity index (χ4v) is 9.50. The Bertz CT molecular complexity index is 1450. The minimum Gasteiger partial charge on any atom is -0.479 e. The Morgan fingerprint density at radius 2 is 0.840 bits per heavy atom. The van der Waals surface area contributed by atoms with Crippen LogP contribution in [-0.2, 0) is 42.9 Å². The molecule has 0 aromatic carbocycles. The van der Waals surface area contributed by atoms with Gasteiger partial charge < -0.3 is 39.0 Å². The summed E-state index contributed by atoms with van der Waals surface area (Å²) in [4.78, 5) is 51.1. The maximum Gasteiger partial charge on any atom is 0.335 e. The fourth-order valence-electron chi connectivity index (χ4n) is 9.50. The van der Waals surface area contributed by atoms with Gasteiger partial charge in [-0.1, -0.05) is 256 Å². The maximum atomic E-state index is 13.1. The number of unbranched alkanes of at least 4 members (excludes halogenated alkanes) is 33. The molecule has 1 aliphatic rings. The second-order valence-electron chi connectivity index (χ2n) is 21.3. The zero-order valence-corrected chi connectivity index (χ0v) is 48.1. The molecule has 0 bridgehead atoms. The van der Waals surface area contributed by atoms with Crippen molar-refractivity contribution in [2.45, 2.75) is 327 Å². The molecule has 0 aliphatic carbocycles. The van der Waals surface area contributed by atoms with E-state index >= 15 is 0 Å². The third-order valence-electron chi connectivity index (χ3n) is 14.2. The lowest BCUT2D eigenvalue weighted by molar-refractivity contribution is -0.301. The molecule has 1 rings (SSSR count). The van der Waals surface area contributed by atoms with Crippen LogP contribution in [0.15, 0.2) is 36.5 Å². The summed E-state index contributed by atoms with van der Waals surface area (Å²) in [6.45, 7) is 5.90. The van der Waals surface area contributed by atoms with Crippen molar-refractivity contribution in [3.05, 3.63) is 36.5 Å². The fraction of sp³-hybridized carbons (Fsp3) is 0.841. The molecule has 0 saturated carbocycles. The van der Waals surface area contributed by atoms with Gasteiger partial charge in [0, 0.05) is 19.3 Å². The normalized spacial score (nSPS) is 18.3. The first-order valence-corrected chi connectivity index (χ1v) is 31.0. The van der Waals surface area contributed by atoms with Crippen LogP contribution in [0.2, 0.25) is 0 Å². The lowest BCUT2D eigenvalue weighted by Gasteiger charge is -2.40. The third kappa shape index (κ3) is 41.7. The number of carbonyl (C=O) groups excluding carboxylic acids is 3. The van der Waals surface area contributed by atoms with Gasteiger partial charge in [0.1, 0.15) is 18.8 Å². The number of carboxylic acid groups (broad SMARTS) is 1. The lowest BCUT2D eigenvalue weighted by Crippen LogP contribution is -2.61. The molecule has 12 heteroatoms. The average molecular weight is 1060 g/mol. The van der Waals surface area contributed by atoms with Crippen molar-refractivity contribution in [3.63, 3.8) is 0 Å². The summed E-state index contributed by atoms with van der Waals surface area (Å²) in [6, 6.07) is 0. The van der Waals surface area contributed by atoms with Crippen molar-refractivity contribution < 1.29 is 58.2 Å². The van der Waals surface area contributed by atoms with E-state index in [0.29, 0.717) is 19.3 Å². The minimum absolute atomic E-state index is 0.0445. The summed E-state index contributed by atoms with van der Waals surface area (Å²) in [6.07, 6.45) is 48.3. The predicted molar refractivity (Wildman–Crippen MR) is 303 cm³/mol. The van der Waals surface area contributed by atoms with Crippen molar-refractivity contribution in [1.29, 1.82) is 0 Å². The van der Waals surface area contributed by atoms with Crippen LogP contribution in [-0.4, -0.2) is 89.2 Å². The van der Waals surface area contributed by atoms with Gasteiger partial charge in [0.15, 0.2) is 24.6 Å². The van der Waals surface area contributed by atoms with E-state index in [1.54, 1.807) is 0 Å². The summed E-state index contributed by atoms with van der Waals surface area (Å²) in [5, 5.41) is 31.5. The Hall–Kier alpha value is -3.06. The highest BCUT2D eigenvalue weighted by molar-refractivity contribution is 5.74. The van der Waals surface area contributed by atoms with E-state index < -0.39 is 67.3 Å². The minimum atomic E-state index is -1.90. The molecule has 1 heterocycles. The number of allylic oxidation sites excluding steroid dienone is 6. The average Bonchev–Trinajstić information content (AvgIpc) is 3.39. The van der Waals surface area contributed by atoms with Gasteiger partial charge in [-0.2, -0.15) is 0 Å². The number of carboxylic acids is 1. The number of carbonyl (C=O) groups is 4. The topological polar surface area (TPSA) is 175 Å². The van der Waals surface area contributed by atoms with Gasteiger partial charge >= 0.3 is 23.9 Å². The Kier molecular flexibility index (Phi) is 48.2. The molecule has 0 amide bonds. The Morgan fingerprint density at radius 1 is 0.453 bits per heavy atom. The highest BCUT2D eigenvalue weighted by atomic mass is 16.7. The largest absolute Gasteiger partial charge is 0.479 e. The monoisotopic (exact) mass is 1060 g/mol. The third-order valence-corrected chi connectivity index (χ3v) is 14.2. The second kappa shape index (κ2) is 51.7. The van der Waals surface area contributed by atoms with Crippen LogP contribution < -0.4 is 0 Å². The summed E-state index contributed by atoms with van der Waals surface area (Å²) in [5.74, 6) is -3.11. The number of ether oxygens (including phenoxy) is 5. The summed E-state index contributed by atoms with van der Waals surface area (Å²) in [7, 11) is 0. The van der Waals surface area contributed by atoms with E-state index in [9.17, 15) is 34.5 Å². The molecule has 12 nitrogen and oxygen atoms in total. The molecule has 0 aromatic heterocycles. The first-order chi connectivity index (χ1) is 36.6. The van der Waals surface area contributed by atoms with E-state index in [1.807, 2.05) is 0 Å². The molecule has 1 aliphatic heterocycles. The van der Waals surface area contributed by atoms with E-state index in [2.05, 4.69) is 57.2 Å². The molecule has 436 valence electrons. The molecule has 1 saturated heterocycles. The SMILES string of the molecule is CC/C=C\C/C=C\C/C=C\CCCCCCCC(=O)OC1C(OCC(COC(=O)CCCCCCCCCCCCCCCCCCCCC)OC(=O)CCCCCCCCCCCCC)OC(C(=O)O)C(O)C1O. The molecule has 6 atom stereocenters. The summed E-state index contributed by atoms with van der Waals surface area (Å²) >= 11 is 0. The zero-order valence-electron chi connectivity index (χ0n) is 48.1. The number of aliphatic carboxylic acids is 1. The molecular weight excluding hydrogens is 949 g/mol. The zero-order chi connectivity index (χ0) is 54.7.